The number of aliphatic hydroxyl groups is 2. The van der Waals surface area contributed by atoms with Crippen LogP contribution in [0.1, 0.15) is 24.5 Å². The van der Waals surface area contributed by atoms with Crippen molar-refractivity contribution in [2.75, 3.05) is 54.1 Å². The van der Waals surface area contributed by atoms with Crippen LogP contribution in [0.25, 0.3) is 10.8 Å². The summed E-state index contributed by atoms with van der Waals surface area (Å²) in [7, 11) is 0. The lowest BCUT2D eigenvalue weighted by Crippen LogP contribution is -2.31. The fraction of sp³-hybridized carbons (Fsp3) is 0.321. The number of aliphatic hydroxyl groups excluding tert-OH is 2. The van der Waals surface area contributed by atoms with E-state index >= 15 is 0 Å². The number of aryl methyl sites for hydroxylation is 2. The number of nitrogens with one attached hydrogen (secondary N) is 2. The Kier molecular flexibility index (Phi) is 9.25. The molecular weight excluding hydrogens is 510 g/mol. The highest BCUT2D eigenvalue weighted by Gasteiger charge is 2.14. The molecule has 4 rings (SSSR count). The number of fused-ring (bicyclic) bond motifs is 1. The van der Waals surface area contributed by atoms with Gasteiger partial charge < -0.3 is 36.6 Å². The van der Waals surface area contributed by atoms with Gasteiger partial charge in [0.05, 0.1) is 30.0 Å². The maximum Gasteiger partial charge on any atom is 0.233 e. The molecule has 0 fully saturated rings. The third-order valence-corrected chi connectivity index (χ3v) is 6.14. The Balaban J connectivity index is 1.61. The largest absolute Gasteiger partial charge is 0.507 e. The Morgan fingerprint density at radius 3 is 2.38 bits per heavy atom. The molecule has 0 atom stereocenters. The lowest BCUT2D eigenvalue weighted by molar-refractivity contribution is 0.280. The van der Waals surface area contributed by atoms with Crippen LogP contribution >= 0.6 is 0 Å². The topological polar surface area (TPSA) is 177 Å². The van der Waals surface area contributed by atoms with E-state index in [0.29, 0.717) is 46.8 Å². The Hall–Kier alpha value is -4.55. The summed E-state index contributed by atoms with van der Waals surface area (Å²) in [5.41, 5.74) is 10.2. The number of aromatic hydroxyl groups is 1. The number of benzene rings is 3. The maximum absolute atomic E-state index is 10.6. The molecule has 4 aromatic rings. The van der Waals surface area contributed by atoms with Crippen LogP contribution in [0.2, 0.25) is 0 Å². The summed E-state index contributed by atoms with van der Waals surface area (Å²) < 4.78 is 0. The van der Waals surface area contributed by atoms with Gasteiger partial charge in [0.1, 0.15) is 11.4 Å². The first-order valence-electron chi connectivity index (χ1n) is 13.1. The third-order valence-electron chi connectivity index (χ3n) is 6.14. The highest BCUT2D eigenvalue weighted by Crippen LogP contribution is 2.39. The molecule has 0 aliphatic rings. The third kappa shape index (κ3) is 6.71. The molecule has 0 aliphatic heterocycles. The molecule has 0 bridgehead atoms. The number of nitrogen functional groups attached to an aromatic ring is 1. The Bertz CT molecular complexity index is 1500. The van der Waals surface area contributed by atoms with E-state index in [1.807, 2.05) is 51.1 Å². The van der Waals surface area contributed by atoms with Crippen molar-refractivity contribution < 1.29 is 15.3 Å². The summed E-state index contributed by atoms with van der Waals surface area (Å²) in [6.07, 6.45) is 0.889. The number of nitrogens with two attached hydrogens (primary N) is 1. The SMILES string of the molecule is CCCNc1nc(Nc2ccc(N=Nc3c(N)ccc4cc(C)cc(O)c34)c(C)c2)nc(N(CCO)CCO)n1. The Morgan fingerprint density at radius 2 is 1.68 bits per heavy atom. The molecule has 12 nitrogen and oxygen atoms in total. The molecule has 0 amide bonds. The van der Waals surface area contributed by atoms with Crippen molar-refractivity contribution in [3.8, 4) is 5.75 Å². The lowest BCUT2D eigenvalue weighted by atomic mass is 10.0. The number of phenolic OH excluding ortho intramolecular Hbond substituents is 1. The van der Waals surface area contributed by atoms with Gasteiger partial charge in [-0.05, 0) is 67.1 Å². The number of hydrogen-bond acceptors (Lipinski definition) is 12. The number of phenols is 1. The summed E-state index contributed by atoms with van der Waals surface area (Å²) >= 11 is 0. The van der Waals surface area contributed by atoms with Gasteiger partial charge in [-0.2, -0.15) is 20.1 Å². The quantitative estimate of drug-likeness (QED) is 0.108. The fourth-order valence-corrected chi connectivity index (χ4v) is 4.20. The van der Waals surface area contributed by atoms with Crippen molar-refractivity contribution in [1.29, 1.82) is 0 Å². The number of hydrogen-bond donors (Lipinski definition) is 6. The summed E-state index contributed by atoms with van der Waals surface area (Å²) in [6, 6.07) is 12.8. The van der Waals surface area contributed by atoms with E-state index in [0.717, 1.165) is 28.6 Å². The molecular formula is C28H35N9O3. The Morgan fingerprint density at radius 1 is 0.925 bits per heavy atom. The van der Waals surface area contributed by atoms with Gasteiger partial charge >= 0.3 is 0 Å². The average Bonchev–Trinajstić information content (AvgIpc) is 2.92. The van der Waals surface area contributed by atoms with Crippen molar-refractivity contribution in [3.05, 3.63) is 53.6 Å². The molecule has 0 unspecified atom stereocenters. The van der Waals surface area contributed by atoms with E-state index < -0.39 is 0 Å². The molecule has 40 heavy (non-hydrogen) atoms. The smallest absolute Gasteiger partial charge is 0.233 e. The summed E-state index contributed by atoms with van der Waals surface area (Å²) in [4.78, 5) is 15.1. The van der Waals surface area contributed by atoms with Crippen LogP contribution in [0, 0.1) is 13.8 Å². The van der Waals surface area contributed by atoms with E-state index in [1.54, 1.807) is 17.0 Å². The van der Waals surface area contributed by atoms with Gasteiger partial charge in [-0.25, -0.2) is 0 Å². The summed E-state index contributed by atoms with van der Waals surface area (Å²) in [5.74, 6) is 1.15. The minimum atomic E-state index is -0.106. The Labute approximate surface area is 232 Å². The second-order valence-corrected chi connectivity index (χ2v) is 9.36. The number of azo groups is 1. The second kappa shape index (κ2) is 13.0. The van der Waals surface area contributed by atoms with Gasteiger partial charge in [0.15, 0.2) is 0 Å². The zero-order valence-corrected chi connectivity index (χ0v) is 22.9. The summed E-state index contributed by atoms with van der Waals surface area (Å²) in [5, 5.41) is 46.0. The van der Waals surface area contributed by atoms with Crippen molar-refractivity contribution in [2.45, 2.75) is 27.2 Å². The van der Waals surface area contributed by atoms with Crippen molar-refractivity contribution in [1.82, 2.24) is 15.0 Å². The molecule has 1 heterocycles. The number of rotatable bonds is 12. The maximum atomic E-state index is 10.6. The van der Waals surface area contributed by atoms with Gasteiger partial charge in [0, 0.05) is 25.3 Å². The average molecular weight is 546 g/mol. The van der Waals surface area contributed by atoms with Gasteiger partial charge in [-0.3, -0.25) is 0 Å². The standard InChI is InChI=1S/C28H35N9O3/c1-4-9-30-26-32-27(34-28(33-26)37(10-12-38)11-13-39)31-20-6-8-22(18(3)16-20)35-36-25-21(29)7-5-19-14-17(2)15-23(40)24(19)25/h5-8,14-16,38-40H,4,9-13,29H2,1-3H3,(H2,30,31,32,33,34). The predicted molar refractivity (Wildman–Crippen MR) is 158 cm³/mol. The molecule has 7 N–H and O–H groups in total. The van der Waals surface area contributed by atoms with Crippen LogP contribution in [-0.2, 0) is 0 Å². The zero-order valence-electron chi connectivity index (χ0n) is 22.9. The van der Waals surface area contributed by atoms with Crippen molar-refractivity contribution in [3.63, 3.8) is 0 Å². The first kappa shape index (κ1) is 28.5. The lowest BCUT2D eigenvalue weighted by Gasteiger charge is -2.21. The van der Waals surface area contributed by atoms with E-state index in [4.69, 9.17) is 5.73 Å². The highest BCUT2D eigenvalue weighted by atomic mass is 16.3. The molecule has 1 aromatic heterocycles. The van der Waals surface area contributed by atoms with E-state index in [1.165, 1.54) is 0 Å². The zero-order chi connectivity index (χ0) is 28.6. The number of aromatic nitrogens is 3. The molecule has 0 aliphatic carbocycles. The minimum Gasteiger partial charge on any atom is -0.507 e. The van der Waals surface area contributed by atoms with Crippen LogP contribution in [0.4, 0.5) is 40.6 Å². The van der Waals surface area contributed by atoms with Gasteiger partial charge in [-0.15, -0.1) is 5.11 Å². The van der Waals surface area contributed by atoms with Crippen LogP contribution in [0.3, 0.4) is 0 Å². The van der Waals surface area contributed by atoms with Crippen LogP contribution in [-0.4, -0.2) is 63.1 Å². The molecule has 0 spiro atoms. The molecule has 3 aromatic carbocycles. The van der Waals surface area contributed by atoms with Crippen molar-refractivity contribution >= 4 is 51.4 Å². The van der Waals surface area contributed by atoms with Gasteiger partial charge in [-0.1, -0.05) is 19.1 Å². The van der Waals surface area contributed by atoms with Crippen LogP contribution in [0.5, 0.6) is 5.75 Å². The number of nitrogens with zero attached hydrogens (tertiary/aromatic N) is 6. The molecule has 0 saturated carbocycles. The molecule has 0 radical (unpaired) electrons. The first-order valence-corrected chi connectivity index (χ1v) is 13.1. The van der Waals surface area contributed by atoms with Gasteiger partial charge in [0.25, 0.3) is 0 Å². The van der Waals surface area contributed by atoms with Crippen LogP contribution in [0.15, 0.2) is 52.7 Å². The minimum absolute atomic E-state index is 0.105. The predicted octanol–water partition coefficient (Wildman–Crippen LogP) is 4.70. The highest BCUT2D eigenvalue weighted by molar-refractivity contribution is 6.02. The van der Waals surface area contributed by atoms with Gasteiger partial charge in [0.2, 0.25) is 17.8 Å². The second-order valence-electron chi connectivity index (χ2n) is 9.36. The van der Waals surface area contributed by atoms with Crippen LogP contribution < -0.4 is 21.3 Å². The molecule has 0 saturated heterocycles. The van der Waals surface area contributed by atoms with Crippen molar-refractivity contribution in [2.24, 2.45) is 10.2 Å². The normalized spacial score (nSPS) is 11.3. The fourth-order valence-electron chi connectivity index (χ4n) is 4.20. The van der Waals surface area contributed by atoms with E-state index in [2.05, 4.69) is 35.8 Å². The van der Waals surface area contributed by atoms with E-state index in [-0.39, 0.29) is 32.1 Å². The first-order chi connectivity index (χ1) is 19.3. The monoisotopic (exact) mass is 545 g/mol. The summed E-state index contributed by atoms with van der Waals surface area (Å²) in [6.45, 7) is 6.87. The van der Waals surface area contributed by atoms with E-state index in [9.17, 15) is 15.3 Å². The number of anilines is 5. The molecule has 12 heteroatoms. The molecule has 210 valence electrons.